The minimum atomic E-state index is -1.36. The minimum Gasteiger partial charge on any atom is -0.399 e. The van der Waals surface area contributed by atoms with Crippen LogP contribution in [0.1, 0.15) is 17.3 Å². The summed E-state index contributed by atoms with van der Waals surface area (Å²) in [5.41, 5.74) is 6.69. The Bertz CT molecular complexity index is 734. The minimum absolute atomic E-state index is 0.0827. The summed E-state index contributed by atoms with van der Waals surface area (Å²) in [6.45, 7) is 2.28. The molecular weight excluding hydrogens is 438 g/mol. The molecule has 7 N–H and O–H groups in total. The normalized spacial score (nSPS) is 24.9. The van der Waals surface area contributed by atoms with Crippen molar-refractivity contribution in [1.29, 1.82) is 0 Å². The largest absolute Gasteiger partial charge is 0.399 e. The first kappa shape index (κ1) is 26.9. The van der Waals surface area contributed by atoms with Gasteiger partial charge in [-0.1, -0.05) is 0 Å². The maximum absolute atomic E-state index is 11.9. The van der Waals surface area contributed by atoms with Gasteiger partial charge in [0, 0.05) is 24.7 Å². The number of hydrogen-bond acceptors (Lipinski definition) is 10. The van der Waals surface area contributed by atoms with Crippen LogP contribution in [0.4, 0.5) is 5.69 Å². The quantitative estimate of drug-likeness (QED) is 0.139. The molecule has 0 spiro atoms. The molecule has 1 saturated heterocycles. The van der Waals surface area contributed by atoms with E-state index in [2.05, 4.69) is 10.6 Å². The van der Waals surface area contributed by atoms with Crippen molar-refractivity contribution in [2.45, 2.75) is 37.6 Å². The lowest BCUT2D eigenvalue weighted by molar-refractivity contribution is -0.272. The highest BCUT2D eigenvalue weighted by atomic mass is 16.7. The first-order valence-corrected chi connectivity index (χ1v) is 10.6. The molecule has 1 aromatic rings. The van der Waals surface area contributed by atoms with Crippen molar-refractivity contribution in [3.8, 4) is 0 Å². The number of carbonyl (C=O) groups is 2. The number of hydrogen-bond donors (Lipinski definition) is 6. The molecule has 12 nitrogen and oxygen atoms in total. The molecule has 0 aliphatic carbocycles. The number of nitrogens with one attached hydrogen (secondary N) is 2. The molecule has 1 aliphatic heterocycles. The second-order valence-corrected chi connectivity index (χ2v) is 7.41. The van der Waals surface area contributed by atoms with Gasteiger partial charge >= 0.3 is 0 Å². The van der Waals surface area contributed by atoms with E-state index in [0.717, 1.165) is 0 Å². The molecule has 0 bridgehead atoms. The van der Waals surface area contributed by atoms with Crippen LogP contribution in [0, 0.1) is 0 Å². The second-order valence-electron chi connectivity index (χ2n) is 7.41. The summed E-state index contributed by atoms with van der Waals surface area (Å²) in [5.74, 6) is -0.639. The standard InChI is InChI=1S/C21H33N3O9/c1-13(26)24-17-19(28)18(27)16(12-25)33-21(17)32-11-10-31-9-8-30-7-6-23-20(29)14-2-4-15(22)5-3-14/h2-5,16-19,21,25,27-28H,6-12,22H2,1H3,(H,23,29)(H,24,26)/t16?,17?,18-,19+,21+/m0/s1. The van der Waals surface area contributed by atoms with Crippen LogP contribution in [0.5, 0.6) is 0 Å². The Labute approximate surface area is 191 Å². The highest BCUT2D eigenvalue weighted by Gasteiger charge is 2.45. The summed E-state index contributed by atoms with van der Waals surface area (Å²) < 4.78 is 21.8. The Morgan fingerprint density at radius 1 is 1.03 bits per heavy atom. The first-order valence-electron chi connectivity index (χ1n) is 10.6. The number of amides is 2. The predicted molar refractivity (Wildman–Crippen MR) is 116 cm³/mol. The lowest BCUT2D eigenvalue weighted by Gasteiger charge is -2.42. The Morgan fingerprint density at radius 2 is 1.67 bits per heavy atom. The number of anilines is 1. The van der Waals surface area contributed by atoms with Crippen LogP contribution >= 0.6 is 0 Å². The number of aliphatic hydroxyl groups excluding tert-OH is 3. The van der Waals surface area contributed by atoms with Crippen molar-refractivity contribution in [3.05, 3.63) is 29.8 Å². The van der Waals surface area contributed by atoms with Gasteiger partial charge in [0.1, 0.15) is 24.4 Å². The van der Waals surface area contributed by atoms with E-state index in [4.69, 9.17) is 24.7 Å². The molecule has 186 valence electrons. The van der Waals surface area contributed by atoms with Gasteiger partial charge in [-0.3, -0.25) is 9.59 Å². The Balaban J connectivity index is 1.56. The summed E-state index contributed by atoms with van der Waals surface area (Å²) in [5, 5.41) is 34.7. The molecule has 0 saturated carbocycles. The van der Waals surface area contributed by atoms with Gasteiger partial charge < -0.3 is 50.6 Å². The van der Waals surface area contributed by atoms with Gasteiger partial charge in [0.2, 0.25) is 5.91 Å². The zero-order valence-corrected chi connectivity index (χ0v) is 18.5. The number of aliphatic hydroxyl groups is 3. The van der Waals surface area contributed by atoms with E-state index in [-0.39, 0.29) is 25.7 Å². The zero-order chi connectivity index (χ0) is 24.2. The highest BCUT2D eigenvalue weighted by Crippen LogP contribution is 2.22. The molecule has 1 heterocycles. The number of nitrogens with two attached hydrogens (primary N) is 1. The summed E-state index contributed by atoms with van der Waals surface area (Å²) in [4.78, 5) is 23.3. The summed E-state index contributed by atoms with van der Waals surface area (Å²) in [7, 11) is 0. The van der Waals surface area contributed by atoms with E-state index in [1.165, 1.54) is 6.92 Å². The molecule has 0 radical (unpaired) electrons. The van der Waals surface area contributed by atoms with E-state index >= 15 is 0 Å². The fourth-order valence-electron chi connectivity index (χ4n) is 3.13. The van der Waals surface area contributed by atoms with Gasteiger partial charge in [0.05, 0.1) is 39.6 Å². The number of rotatable bonds is 13. The maximum atomic E-state index is 11.9. The lowest BCUT2D eigenvalue weighted by Crippen LogP contribution is -2.64. The molecule has 2 unspecified atom stereocenters. The predicted octanol–water partition coefficient (Wildman–Crippen LogP) is -2.01. The van der Waals surface area contributed by atoms with Crippen molar-refractivity contribution >= 4 is 17.5 Å². The summed E-state index contributed by atoms with van der Waals surface area (Å²) >= 11 is 0. The van der Waals surface area contributed by atoms with E-state index < -0.39 is 43.2 Å². The molecule has 1 fully saturated rings. The van der Waals surface area contributed by atoms with E-state index in [1.807, 2.05) is 0 Å². The maximum Gasteiger partial charge on any atom is 0.251 e. The molecule has 5 atom stereocenters. The van der Waals surface area contributed by atoms with Crippen LogP contribution in [0.15, 0.2) is 24.3 Å². The van der Waals surface area contributed by atoms with Crippen LogP contribution in [-0.2, 0) is 23.7 Å². The summed E-state index contributed by atoms with van der Waals surface area (Å²) in [6, 6.07) is 5.61. The van der Waals surface area contributed by atoms with Gasteiger partial charge in [-0.05, 0) is 24.3 Å². The third-order valence-electron chi connectivity index (χ3n) is 4.84. The fourth-order valence-corrected chi connectivity index (χ4v) is 3.13. The number of nitrogen functional groups attached to an aromatic ring is 1. The van der Waals surface area contributed by atoms with Crippen molar-refractivity contribution < 1.29 is 43.9 Å². The topological polar surface area (TPSA) is 182 Å². The molecule has 0 aromatic heterocycles. The third-order valence-corrected chi connectivity index (χ3v) is 4.84. The molecule has 12 heteroatoms. The zero-order valence-electron chi connectivity index (χ0n) is 18.5. The first-order chi connectivity index (χ1) is 15.8. The van der Waals surface area contributed by atoms with Crippen LogP contribution < -0.4 is 16.4 Å². The smallest absolute Gasteiger partial charge is 0.251 e. The van der Waals surface area contributed by atoms with Crippen molar-refractivity contribution in [3.63, 3.8) is 0 Å². The lowest BCUT2D eigenvalue weighted by atomic mass is 9.97. The Morgan fingerprint density at radius 3 is 2.30 bits per heavy atom. The fraction of sp³-hybridized carbons (Fsp3) is 0.619. The van der Waals surface area contributed by atoms with Gasteiger partial charge in [0.15, 0.2) is 6.29 Å². The van der Waals surface area contributed by atoms with E-state index in [0.29, 0.717) is 31.0 Å². The number of carbonyl (C=O) groups excluding carboxylic acids is 2. The average molecular weight is 472 g/mol. The Kier molecular flexibility index (Phi) is 11.5. The van der Waals surface area contributed by atoms with Crippen LogP contribution in [0.3, 0.4) is 0 Å². The number of benzene rings is 1. The van der Waals surface area contributed by atoms with Gasteiger partial charge in [-0.2, -0.15) is 0 Å². The molecular formula is C21H33N3O9. The SMILES string of the molecule is CC(=O)NC1[C@H](OCCOCCOCCNC(=O)c2ccc(N)cc2)OC(CO)[C@H](O)[C@@H]1O. The molecule has 2 rings (SSSR count). The van der Waals surface area contributed by atoms with Crippen molar-refractivity contribution in [1.82, 2.24) is 10.6 Å². The molecule has 1 aliphatic rings. The van der Waals surface area contributed by atoms with Crippen LogP contribution in [0.25, 0.3) is 0 Å². The number of ether oxygens (including phenoxy) is 4. The second kappa shape index (κ2) is 14.1. The average Bonchev–Trinajstić information content (AvgIpc) is 2.79. The van der Waals surface area contributed by atoms with Crippen molar-refractivity contribution in [2.24, 2.45) is 0 Å². The summed E-state index contributed by atoms with van der Waals surface area (Å²) in [6.07, 6.45) is -4.82. The van der Waals surface area contributed by atoms with Gasteiger partial charge in [0.25, 0.3) is 5.91 Å². The van der Waals surface area contributed by atoms with Crippen molar-refractivity contribution in [2.75, 3.05) is 51.9 Å². The molecule has 1 aromatic carbocycles. The van der Waals surface area contributed by atoms with Crippen LogP contribution in [0.2, 0.25) is 0 Å². The third kappa shape index (κ3) is 8.85. The molecule has 2 amide bonds. The van der Waals surface area contributed by atoms with Crippen LogP contribution in [-0.4, -0.2) is 104 Å². The highest BCUT2D eigenvalue weighted by molar-refractivity contribution is 5.94. The van der Waals surface area contributed by atoms with E-state index in [1.54, 1.807) is 24.3 Å². The monoisotopic (exact) mass is 471 g/mol. The van der Waals surface area contributed by atoms with Gasteiger partial charge in [-0.15, -0.1) is 0 Å². The molecule has 33 heavy (non-hydrogen) atoms. The van der Waals surface area contributed by atoms with Gasteiger partial charge in [-0.25, -0.2) is 0 Å². The van der Waals surface area contributed by atoms with E-state index in [9.17, 15) is 24.9 Å². The Hall–Kier alpha value is -2.32.